The van der Waals surface area contributed by atoms with Crippen LogP contribution in [0.15, 0.2) is 48.9 Å². The Labute approximate surface area is 166 Å². The zero-order valence-electron chi connectivity index (χ0n) is 15.8. The number of amides is 1. The van der Waals surface area contributed by atoms with Crippen molar-refractivity contribution >= 4 is 22.6 Å². The summed E-state index contributed by atoms with van der Waals surface area (Å²) < 4.78 is 10.7. The second kappa shape index (κ2) is 9.18. The number of methoxy groups -OCH3 is 1. The summed E-state index contributed by atoms with van der Waals surface area (Å²) in [6.07, 6.45) is 3.24. The normalized spacial score (nSPS) is 12.9. The number of aliphatic hydroxyl groups is 1. The summed E-state index contributed by atoms with van der Waals surface area (Å²) in [5.41, 5.74) is 6.53. The van der Waals surface area contributed by atoms with Crippen LogP contribution in [-0.2, 0) is 16.0 Å². The first-order valence-corrected chi connectivity index (χ1v) is 8.94. The number of hydrogen-bond acceptors (Lipinski definition) is 7. The zero-order valence-corrected chi connectivity index (χ0v) is 15.8. The molecule has 9 nitrogen and oxygen atoms in total. The van der Waals surface area contributed by atoms with Gasteiger partial charge in [0.2, 0.25) is 5.91 Å². The summed E-state index contributed by atoms with van der Waals surface area (Å²) in [4.78, 5) is 31.4. The van der Waals surface area contributed by atoms with Gasteiger partial charge < -0.3 is 30.6 Å². The number of rotatable bonds is 8. The molecule has 2 aromatic carbocycles. The van der Waals surface area contributed by atoms with Crippen LogP contribution in [0.3, 0.4) is 0 Å². The van der Waals surface area contributed by atoms with E-state index in [4.69, 9.17) is 15.2 Å². The Kier molecular flexibility index (Phi) is 6.43. The van der Waals surface area contributed by atoms with Crippen LogP contribution in [0.2, 0.25) is 0 Å². The van der Waals surface area contributed by atoms with Crippen molar-refractivity contribution in [2.45, 2.75) is 18.5 Å². The third-order valence-corrected chi connectivity index (χ3v) is 4.35. The van der Waals surface area contributed by atoms with E-state index in [1.807, 2.05) is 24.3 Å². The van der Waals surface area contributed by atoms with Gasteiger partial charge in [0.1, 0.15) is 11.5 Å². The van der Waals surface area contributed by atoms with Gasteiger partial charge in [-0.2, -0.15) is 0 Å². The predicted molar refractivity (Wildman–Crippen MR) is 105 cm³/mol. The predicted octanol–water partition coefficient (Wildman–Crippen LogP) is 0.524. The number of carbonyl (C=O) groups excluding carboxylic acids is 2. The number of aliphatic hydroxyl groups excluding tert-OH is 1. The highest BCUT2D eigenvalue weighted by atomic mass is 16.5. The lowest BCUT2D eigenvalue weighted by atomic mass is 10.1. The third-order valence-electron chi connectivity index (χ3n) is 4.35. The van der Waals surface area contributed by atoms with Crippen molar-refractivity contribution in [1.82, 2.24) is 15.3 Å². The van der Waals surface area contributed by atoms with Gasteiger partial charge in [0.05, 0.1) is 26.1 Å². The van der Waals surface area contributed by atoms with Crippen molar-refractivity contribution in [3.63, 3.8) is 0 Å². The molecule has 1 amide bonds. The molecule has 9 heteroatoms. The fraction of sp³-hybridized carbons (Fsp3) is 0.250. The van der Waals surface area contributed by atoms with Gasteiger partial charge in [-0.05, 0) is 11.5 Å². The van der Waals surface area contributed by atoms with E-state index in [1.54, 1.807) is 18.3 Å². The third kappa shape index (κ3) is 4.89. The summed E-state index contributed by atoms with van der Waals surface area (Å²) in [5, 5.41) is 13.6. The molecule has 0 aliphatic carbocycles. The molecule has 3 aromatic rings. The van der Waals surface area contributed by atoms with Gasteiger partial charge in [-0.1, -0.05) is 24.3 Å². The smallest absolute Gasteiger partial charge is 0.336 e. The van der Waals surface area contributed by atoms with Gasteiger partial charge in [-0.25, -0.2) is 9.78 Å². The molecule has 1 aromatic heterocycles. The molecule has 0 saturated carbocycles. The standard InChI is InChI=1S/C20H22N4O5/c1-28-18-8-14(6-12-4-2-3-5-15(12)18)29-20(27)17(10-25)24-19(26)16(21)7-13-9-22-11-23-13/h2-6,8-9,11,16-17,25H,7,10,21H2,1H3,(H,22,23)(H,24,26)/t16-,17-/m0/s1. The highest BCUT2D eigenvalue weighted by Crippen LogP contribution is 2.31. The Hall–Kier alpha value is -3.43. The van der Waals surface area contributed by atoms with E-state index >= 15 is 0 Å². The lowest BCUT2D eigenvalue weighted by Crippen LogP contribution is -2.51. The number of ether oxygens (including phenoxy) is 2. The molecule has 1 heterocycles. The molecule has 0 unspecified atom stereocenters. The molecular weight excluding hydrogens is 376 g/mol. The van der Waals surface area contributed by atoms with Gasteiger partial charge >= 0.3 is 5.97 Å². The minimum atomic E-state index is -1.26. The number of imidazole rings is 1. The largest absolute Gasteiger partial charge is 0.496 e. The summed E-state index contributed by atoms with van der Waals surface area (Å²) in [5.74, 6) is -0.629. The molecular formula is C20H22N4O5. The van der Waals surface area contributed by atoms with Crippen molar-refractivity contribution in [3.8, 4) is 11.5 Å². The van der Waals surface area contributed by atoms with Gasteiger partial charge in [-0.15, -0.1) is 0 Å². The van der Waals surface area contributed by atoms with E-state index in [1.165, 1.54) is 13.4 Å². The molecule has 0 aliphatic rings. The van der Waals surface area contributed by atoms with E-state index < -0.39 is 30.6 Å². The fourth-order valence-corrected chi connectivity index (χ4v) is 2.85. The Morgan fingerprint density at radius 1 is 1.31 bits per heavy atom. The summed E-state index contributed by atoms with van der Waals surface area (Å²) in [6.45, 7) is -0.633. The minimum Gasteiger partial charge on any atom is -0.496 e. The number of nitrogens with two attached hydrogens (primary N) is 1. The van der Waals surface area contributed by atoms with Crippen molar-refractivity contribution in [2.24, 2.45) is 5.73 Å². The molecule has 0 spiro atoms. The first-order chi connectivity index (χ1) is 14.0. The SMILES string of the molecule is COc1cc(OC(=O)[C@H](CO)NC(=O)[C@@H](N)Cc2cnc[nH]2)cc2ccccc12. The topological polar surface area (TPSA) is 140 Å². The van der Waals surface area contributed by atoms with Gasteiger partial charge in [0.25, 0.3) is 0 Å². The number of benzene rings is 2. The highest BCUT2D eigenvalue weighted by molar-refractivity contribution is 5.91. The first kappa shape index (κ1) is 20.3. The Morgan fingerprint density at radius 3 is 2.79 bits per heavy atom. The van der Waals surface area contributed by atoms with Crippen molar-refractivity contribution in [2.75, 3.05) is 13.7 Å². The molecule has 0 bridgehead atoms. The van der Waals surface area contributed by atoms with Gasteiger partial charge in [-0.3, -0.25) is 4.79 Å². The van der Waals surface area contributed by atoms with Crippen LogP contribution in [-0.4, -0.2) is 52.8 Å². The minimum absolute atomic E-state index is 0.209. The van der Waals surface area contributed by atoms with Gasteiger partial charge in [0.15, 0.2) is 6.04 Å². The number of nitrogens with one attached hydrogen (secondary N) is 2. The monoisotopic (exact) mass is 398 g/mol. The summed E-state index contributed by atoms with van der Waals surface area (Å²) >= 11 is 0. The van der Waals surface area contributed by atoms with Crippen LogP contribution in [0, 0.1) is 0 Å². The number of hydrogen-bond donors (Lipinski definition) is 4. The van der Waals surface area contributed by atoms with Crippen molar-refractivity contribution in [3.05, 3.63) is 54.6 Å². The highest BCUT2D eigenvalue weighted by Gasteiger charge is 2.25. The van der Waals surface area contributed by atoms with Crippen molar-refractivity contribution < 1.29 is 24.2 Å². The first-order valence-electron chi connectivity index (χ1n) is 8.94. The van der Waals surface area contributed by atoms with E-state index in [0.717, 1.165) is 10.8 Å². The average Bonchev–Trinajstić information content (AvgIpc) is 3.23. The molecule has 0 saturated heterocycles. The number of H-pyrrole nitrogens is 1. The number of nitrogens with zero attached hydrogens (tertiary/aromatic N) is 1. The van der Waals surface area contributed by atoms with E-state index in [2.05, 4.69) is 15.3 Å². The maximum Gasteiger partial charge on any atom is 0.336 e. The van der Waals surface area contributed by atoms with Crippen LogP contribution < -0.4 is 20.5 Å². The van der Waals surface area contributed by atoms with E-state index in [9.17, 15) is 14.7 Å². The van der Waals surface area contributed by atoms with Crippen LogP contribution in [0.5, 0.6) is 11.5 Å². The molecule has 2 atom stereocenters. The average molecular weight is 398 g/mol. The van der Waals surface area contributed by atoms with E-state index in [0.29, 0.717) is 11.4 Å². The molecule has 152 valence electrons. The maximum absolute atomic E-state index is 12.5. The molecule has 3 rings (SSSR count). The van der Waals surface area contributed by atoms with Crippen LogP contribution >= 0.6 is 0 Å². The lowest BCUT2D eigenvalue weighted by molar-refractivity contribution is -0.140. The number of aromatic nitrogens is 2. The maximum atomic E-state index is 12.5. The molecule has 0 radical (unpaired) electrons. The summed E-state index contributed by atoms with van der Waals surface area (Å²) in [7, 11) is 1.52. The van der Waals surface area contributed by atoms with E-state index in [-0.39, 0.29) is 12.2 Å². The van der Waals surface area contributed by atoms with Gasteiger partial charge in [0, 0.05) is 29.8 Å². The molecule has 29 heavy (non-hydrogen) atoms. The molecule has 5 N–H and O–H groups in total. The second-order valence-electron chi connectivity index (χ2n) is 6.40. The van der Waals surface area contributed by atoms with Crippen LogP contribution in [0.25, 0.3) is 10.8 Å². The fourth-order valence-electron chi connectivity index (χ4n) is 2.85. The summed E-state index contributed by atoms with van der Waals surface area (Å²) in [6, 6.07) is 8.54. The Balaban J connectivity index is 1.68. The van der Waals surface area contributed by atoms with Crippen LogP contribution in [0.1, 0.15) is 5.69 Å². The number of fused-ring (bicyclic) bond motifs is 1. The molecule has 0 aliphatic heterocycles. The Morgan fingerprint density at radius 2 is 2.10 bits per heavy atom. The second-order valence-corrected chi connectivity index (χ2v) is 6.40. The Bertz CT molecular complexity index is 990. The number of aromatic amines is 1. The molecule has 0 fully saturated rings. The quantitative estimate of drug-likeness (QED) is 0.320. The number of carbonyl (C=O) groups is 2. The number of esters is 1. The van der Waals surface area contributed by atoms with Crippen LogP contribution in [0.4, 0.5) is 0 Å². The zero-order chi connectivity index (χ0) is 20.8. The lowest BCUT2D eigenvalue weighted by Gasteiger charge is -2.18. The van der Waals surface area contributed by atoms with Crippen molar-refractivity contribution in [1.29, 1.82) is 0 Å².